The van der Waals surface area contributed by atoms with Gasteiger partial charge in [-0.05, 0) is 11.8 Å². The summed E-state index contributed by atoms with van der Waals surface area (Å²) in [6.07, 6.45) is 0. The second-order valence-corrected chi connectivity index (χ2v) is 5.96. The Bertz CT molecular complexity index is 475. The Balaban J connectivity index is 1.78. The van der Waals surface area contributed by atoms with Crippen LogP contribution in [0.25, 0.3) is 0 Å². The van der Waals surface area contributed by atoms with E-state index in [0.717, 1.165) is 37.9 Å². The van der Waals surface area contributed by atoms with Crippen molar-refractivity contribution in [3.05, 3.63) is 0 Å². The van der Waals surface area contributed by atoms with E-state index >= 15 is 0 Å². The lowest BCUT2D eigenvalue weighted by molar-refractivity contribution is -0.122. The molecule has 0 radical (unpaired) electrons. The zero-order chi connectivity index (χ0) is 13.0. The third-order valence-corrected chi connectivity index (χ3v) is 4.24. The SMILES string of the molecule is O=C(CN1CCNCC1)NC1N=NC(=S(=O)=O)S1. The van der Waals surface area contributed by atoms with Crippen LogP contribution in [0.4, 0.5) is 0 Å². The molecule has 2 rings (SSSR count). The summed E-state index contributed by atoms with van der Waals surface area (Å²) in [4.78, 5) is 13.7. The fraction of sp³-hybridized carbons (Fsp3) is 0.750. The highest BCUT2D eigenvalue weighted by molar-refractivity contribution is 8.22. The van der Waals surface area contributed by atoms with Crippen LogP contribution >= 0.6 is 11.8 Å². The first kappa shape index (κ1) is 13.5. The van der Waals surface area contributed by atoms with E-state index in [4.69, 9.17) is 0 Å². The van der Waals surface area contributed by atoms with Crippen molar-refractivity contribution in [1.82, 2.24) is 15.5 Å². The van der Waals surface area contributed by atoms with Gasteiger partial charge in [-0.2, -0.15) is 8.42 Å². The first-order chi connectivity index (χ1) is 8.65. The van der Waals surface area contributed by atoms with Crippen LogP contribution in [0, 0.1) is 0 Å². The molecule has 100 valence electrons. The molecular weight excluding hydrogens is 278 g/mol. The number of hydrogen-bond acceptors (Lipinski definition) is 7. The molecule has 0 saturated carbocycles. The van der Waals surface area contributed by atoms with Gasteiger partial charge >= 0.3 is 0 Å². The Hall–Kier alpha value is -0.970. The van der Waals surface area contributed by atoms with E-state index in [2.05, 4.69) is 20.9 Å². The van der Waals surface area contributed by atoms with Crippen LogP contribution in [0.2, 0.25) is 0 Å². The summed E-state index contributed by atoms with van der Waals surface area (Å²) in [6, 6.07) is 0. The third kappa shape index (κ3) is 3.77. The van der Waals surface area contributed by atoms with Gasteiger partial charge < -0.3 is 10.6 Å². The molecule has 0 aromatic carbocycles. The van der Waals surface area contributed by atoms with Crippen LogP contribution in [-0.2, 0) is 15.1 Å². The summed E-state index contributed by atoms with van der Waals surface area (Å²) in [6.45, 7) is 3.70. The molecule has 1 amide bonds. The average Bonchev–Trinajstić information content (AvgIpc) is 2.78. The third-order valence-electron chi connectivity index (χ3n) is 2.46. The molecule has 0 aromatic rings. The number of hydrogen-bond donors (Lipinski definition) is 2. The number of rotatable bonds is 3. The Labute approximate surface area is 110 Å². The van der Waals surface area contributed by atoms with Crippen molar-refractivity contribution in [2.45, 2.75) is 5.50 Å². The van der Waals surface area contributed by atoms with Crippen molar-refractivity contribution < 1.29 is 13.2 Å². The van der Waals surface area contributed by atoms with Gasteiger partial charge in [-0.3, -0.25) is 9.69 Å². The number of nitrogens with one attached hydrogen (secondary N) is 2. The summed E-state index contributed by atoms with van der Waals surface area (Å²) < 4.78 is 21.1. The van der Waals surface area contributed by atoms with Crippen molar-refractivity contribution in [3.63, 3.8) is 0 Å². The Morgan fingerprint density at radius 2 is 2.22 bits per heavy atom. The van der Waals surface area contributed by atoms with Gasteiger partial charge in [0.05, 0.1) is 6.54 Å². The molecular formula is C8H13N5O3S2. The van der Waals surface area contributed by atoms with Gasteiger partial charge in [-0.1, -0.05) is 0 Å². The minimum absolute atomic E-state index is 0.0949. The molecule has 0 aromatic heterocycles. The van der Waals surface area contributed by atoms with Gasteiger partial charge in [0.15, 0.2) is 5.50 Å². The zero-order valence-electron chi connectivity index (χ0n) is 9.50. The van der Waals surface area contributed by atoms with E-state index in [1.54, 1.807) is 0 Å². The molecule has 1 atom stereocenters. The van der Waals surface area contributed by atoms with Crippen LogP contribution in [0.5, 0.6) is 0 Å². The normalized spacial score (nSPS) is 24.2. The lowest BCUT2D eigenvalue weighted by atomic mass is 10.3. The molecule has 2 heterocycles. The molecule has 0 spiro atoms. The van der Waals surface area contributed by atoms with Crippen molar-refractivity contribution in [3.8, 4) is 0 Å². The fourth-order valence-corrected chi connectivity index (χ4v) is 2.90. The second-order valence-electron chi connectivity index (χ2n) is 3.78. The number of amides is 1. The van der Waals surface area contributed by atoms with Crippen LogP contribution in [0.3, 0.4) is 0 Å². The van der Waals surface area contributed by atoms with Crippen molar-refractivity contribution in [2.24, 2.45) is 10.2 Å². The first-order valence-electron chi connectivity index (χ1n) is 5.41. The first-order valence-corrected chi connectivity index (χ1v) is 7.37. The molecule has 1 unspecified atom stereocenters. The van der Waals surface area contributed by atoms with E-state index in [9.17, 15) is 13.2 Å². The van der Waals surface area contributed by atoms with Gasteiger partial charge in [0.1, 0.15) is 0 Å². The van der Waals surface area contributed by atoms with Crippen LogP contribution in [0.15, 0.2) is 10.2 Å². The molecule has 10 heteroatoms. The summed E-state index contributed by atoms with van der Waals surface area (Å²) in [5.74, 6) is -0.175. The predicted octanol–water partition coefficient (Wildman–Crippen LogP) is -1.54. The number of nitrogens with zero attached hydrogens (tertiary/aromatic N) is 3. The maximum absolute atomic E-state index is 11.7. The lowest BCUT2D eigenvalue weighted by Gasteiger charge is -2.26. The Morgan fingerprint density at radius 1 is 1.50 bits per heavy atom. The highest BCUT2D eigenvalue weighted by atomic mass is 32.2. The standard InChI is InChI=1S/C8H13N5O3S2/c14-6(5-13-3-1-9-2-4-13)10-7-11-12-8(17-7)18(15)16/h7,9H,1-5H2,(H,10,14). The van der Waals surface area contributed by atoms with E-state index in [-0.39, 0.29) is 10.2 Å². The number of thioether (sulfide) groups is 1. The van der Waals surface area contributed by atoms with Crippen molar-refractivity contribution in [2.75, 3.05) is 32.7 Å². The Kier molecular flexibility index (Phi) is 4.69. The van der Waals surface area contributed by atoms with Gasteiger partial charge in [-0.15, -0.1) is 10.2 Å². The minimum atomic E-state index is -2.38. The van der Waals surface area contributed by atoms with Gasteiger partial charge in [0, 0.05) is 26.2 Å². The quantitative estimate of drug-likeness (QED) is 0.611. The molecule has 18 heavy (non-hydrogen) atoms. The van der Waals surface area contributed by atoms with Crippen LogP contribution in [-0.4, -0.2) is 61.8 Å². The van der Waals surface area contributed by atoms with E-state index in [0.29, 0.717) is 6.54 Å². The largest absolute Gasteiger partial charge is 0.323 e. The van der Waals surface area contributed by atoms with Crippen LogP contribution in [0.1, 0.15) is 0 Å². The number of carbonyl (C=O) groups excluding carboxylic acids is 1. The molecule has 0 aliphatic carbocycles. The summed E-state index contributed by atoms with van der Waals surface area (Å²) in [5, 5.41) is 13.0. The topological polar surface area (TPSA) is 103 Å². The van der Waals surface area contributed by atoms with E-state index in [1.807, 2.05) is 4.90 Å². The van der Waals surface area contributed by atoms with Crippen molar-refractivity contribution in [1.29, 1.82) is 0 Å². The summed E-state index contributed by atoms with van der Waals surface area (Å²) in [5.41, 5.74) is -0.631. The molecule has 1 saturated heterocycles. The molecule has 0 bridgehead atoms. The second kappa shape index (κ2) is 6.27. The number of carbonyl (C=O) groups is 1. The fourth-order valence-electron chi connectivity index (χ4n) is 1.63. The maximum Gasteiger partial charge on any atom is 0.249 e. The minimum Gasteiger partial charge on any atom is -0.323 e. The number of azo groups is 1. The van der Waals surface area contributed by atoms with E-state index < -0.39 is 15.8 Å². The molecule has 2 N–H and O–H groups in total. The van der Waals surface area contributed by atoms with Gasteiger partial charge in [0.25, 0.3) is 0 Å². The van der Waals surface area contributed by atoms with Crippen LogP contribution < -0.4 is 10.6 Å². The summed E-state index contributed by atoms with van der Waals surface area (Å²) in [7, 11) is -2.38. The Morgan fingerprint density at radius 3 is 2.83 bits per heavy atom. The van der Waals surface area contributed by atoms with Gasteiger partial charge in [-0.25, -0.2) is 0 Å². The zero-order valence-corrected chi connectivity index (χ0v) is 11.1. The van der Waals surface area contributed by atoms with Gasteiger partial charge in [0.2, 0.25) is 20.5 Å². The molecule has 2 aliphatic heterocycles. The number of piperazine rings is 1. The highest BCUT2D eigenvalue weighted by Crippen LogP contribution is 2.20. The van der Waals surface area contributed by atoms with Crippen molar-refractivity contribution >= 4 is 32.3 Å². The predicted molar refractivity (Wildman–Crippen MR) is 67.6 cm³/mol. The van der Waals surface area contributed by atoms with E-state index in [1.165, 1.54) is 0 Å². The maximum atomic E-state index is 11.7. The average molecular weight is 291 g/mol. The molecule has 8 nitrogen and oxygen atoms in total. The highest BCUT2D eigenvalue weighted by Gasteiger charge is 2.23. The summed E-state index contributed by atoms with van der Waals surface area (Å²) >= 11 is 0.917. The lowest BCUT2D eigenvalue weighted by Crippen LogP contribution is -2.48. The monoisotopic (exact) mass is 291 g/mol. The molecule has 1 fully saturated rings. The smallest absolute Gasteiger partial charge is 0.249 e. The molecule has 2 aliphatic rings.